The van der Waals surface area contributed by atoms with Crippen molar-refractivity contribution in [2.75, 3.05) is 19.0 Å². The first-order valence-corrected chi connectivity index (χ1v) is 9.46. The van der Waals surface area contributed by atoms with Gasteiger partial charge in [0.05, 0.1) is 12.8 Å². The number of rotatable bonds is 5. The van der Waals surface area contributed by atoms with Crippen LogP contribution in [0.1, 0.15) is 12.5 Å². The van der Waals surface area contributed by atoms with E-state index in [4.69, 9.17) is 16.3 Å². The number of carbonyl (C=O) groups is 3. The smallest absolute Gasteiger partial charge is 0.325 e. The molecule has 1 atom stereocenters. The maximum absolute atomic E-state index is 13.0. The number of halogens is 2. The summed E-state index contributed by atoms with van der Waals surface area (Å²) in [6, 6.07) is 11.2. The number of nitrogens with one attached hydrogen (secondary N) is 2. The molecule has 146 valence electrons. The highest BCUT2D eigenvalue weighted by Gasteiger charge is 2.50. The molecular formula is C19H17BrClN3O4. The van der Waals surface area contributed by atoms with E-state index < -0.39 is 29.9 Å². The maximum atomic E-state index is 13.0. The molecule has 0 radical (unpaired) electrons. The first kappa shape index (κ1) is 20.2. The van der Waals surface area contributed by atoms with Gasteiger partial charge in [-0.05, 0) is 31.2 Å². The lowest BCUT2D eigenvalue weighted by Crippen LogP contribution is -2.42. The summed E-state index contributed by atoms with van der Waals surface area (Å²) in [6.45, 7) is 1.16. The first-order valence-electron chi connectivity index (χ1n) is 8.29. The number of methoxy groups -OCH3 is 1. The Labute approximate surface area is 175 Å². The van der Waals surface area contributed by atoms with Crippen LogP contribution in [-0.4, -0.2) is 36.4 Å². The molecule has 9 heteroatoms. The quantitative estimate of drug-likeness (QED) is 0.660. The van der Waals surface area contributed by atoms with E-state index in [0.29, 0.717) is 26.5 Å². The van der Waals surface area contributed by atoms with Crippen molar-refractivity contribution in [3.05, 3.63) is 57.5 Å². The molecule has 1 aliphatic heterocycles. The minimum Gasteiger partial charge on any atom is -0.495 e. The van der Waals surface area contributed by atoms with Crippen LogP contribution in [0.5, 0.6) is 5.75 Å². The van der Waals surface area contributed by atoms with E-state index in [-0.39, 0.29) is 0 Å². The summed E-state index contributed by atoms with van der Waals surface area (Å²) in [6.07, 6.45) is 0. The molecule has 0 spiro atoms. The molecule has 0 unspecified atom stereocenters. The summed E-state index contributed by atoms with van der Waals surface area (Å²) >= 11 is 9.35. The number of benzene rings is 2. The number of carbonyl (C=O) groups excluding carboxylic acids is 3. The van der Waals surface area contributed by atoms with Gasteiger partial charge in [-0.2, -0.15) is 0 Å². The standard InChI is InChI=1S/C19H17BrClN3O4/c1-19(12-5-3-4-6-13(12)20)17(26)24(18(27)23-19)10-16(25)22-14-9-11(21)7-8-15(14)28-2/h3-9H,10H2,1-2H3,(H,22,25)(H,23,27)/t19-/m1/s1. The van der Waals surface area contributed by atoms with Gasteiger partial charge in [0.1, 0.15) is 17.8 Å². The number of imide groups is 1. The molecule has 0 aromatic heterocycles. The Kier molecular flexibility index (Phi) is 5.62. The predicted octanol–water partition coefficient (Wildman–Crippen LogP) is 3.52. The molecule has 7 nitrogen and oxygen atoms in total. The third-order valence-electron chi connectivity index (χ3n) is 4.42. The maximum Gasteiger partial charge on any atom is 0.325 e. The molecule has 2 aromatic carbocycles. The van der Waals surface area contributed by atoms with Crippen LogP contribution in [0.3, 0.4) is 0 Å². The number of urea groups is 1. The van der Waals surface area contributed by atoms with Crippen molar-refractivity contribution in [2.24, 2.45) is 0 Å². The minimum atomic E-state index is -1.27. The topological polar surface area (TPSA) is 87.7 Å². The molecule has 2 N–H and O–H groups in total. The summed E-state index contributed by atoms with van der Waals surface area (Å²) in [5, 5.41) is 5.70. The average molecular weight is 467 g/mol. The van der Waals surface area contributed by atoms with Crippen molar-refractivity contribution in [1.82, 2.24) is 10.2 Å². The van der Waals surface area contributed by atoms with E-state index in [2.05, 4.69) is 26.6 Å². The molecule has 2 aromatic rings. The summed E-state index contributed by atoms with van der Waals surface area (Å²) in [7, 11) is 1.46. The van der Waals surface area contributed by atoms with Crippen LogP contribution in [-0.2, 0) is 15.1 Å². The van der Waals surface area contributed by atoms with E-state index in [1.54, 1.807) is 37.3 Å². The number of amides is 4. The molecule has 1 fully saturated rings. The SMILES string of the molecule is COc1ccc(Cl)cc1NC(=O)CN1C(=O)N[C@](C)(c2ccccc2Br)C1=O. The highest BCUT2D eigenvalue weighted by atomic mass is 79.9. The Morgan fingerprint density at radius 1 is 1.29 bits per heavy atom. The number of ether oxygens (including phenoxy) is 1. The van der Waals surface area contributed by atoms with Crippen molar-refractivity contribution < 1.29 is 19.1 Å². The molecule has 1 saturated heterocycles. The fourth-order valence-corrected chi connectivity index (χ4v) is 3.85. The molecule has 0 saturated carbocycles. The van der Waals surface area contributed by atoms with Crippen molar-refractivity contribution in [3.63, 3.8) is 0 Å². The van der Waals surface area contributed by atoms with Crippen molar-refractivity contribution in [2.45, 2.75) is 12.5 Å². The van der Waals surface area contributed by atoms with Gasteiger partial charge in [-0.3, -0.25) is 14.5 Å². The summed E-state index contributed by atoms with van der Waals surface area (Å²) in [5.41, 5.74) is -0.320. The van der Waals surface area contributed by atoms with Crippen molar-refractivity contribution in [1.29, 1.82) is 0 Å². The van der Waals surface area contributed by atoms with E-state index in [1.807, 2.05) is 6.07 Å². The van der Waals surface area contributed by atoms with Gasteiger partial charge in [0.2, 0.25) is 5.91 Å². The highest BCUT2D eigenvalue weighted by molar-refractivity contribution is 9.10. The van der Waals surface area contributed by atoms with E-state index in [0.717, 1.165) is 4.90 Å². The lowest BCUT2D eigenvalue weighted by molar-refractivity contribution is -0.133. The van der Waals surface area contributed by atoms with Crippen LogP contribution in [0.2, 0.25) is 5.02 Å². The zero-order valence-corrected chi connectivity index (χ0v) is 17.4. The van der Waals surface area contributed by atoms with Crippen molar-refractivity contribution >= 4 is 51.1 Å². The second-order valence-corrected chi connectivity index (χ2v) is 7.61. The van der Waals surface area contributed by atoms with E-state index >= 15 is 0 Å². The first-order chi connectivity index (χ1) is 13.3. The van der Waals surface area contributed by atoms with Gasteiger partial charge in [0.25, 0.3) is 5.91 Å². The molecule has 0 aliphatic carbocycles. The van der Waals surface area contributed by atoms with Crippen molar-refractivity contribution in [3.8, 4) is 5.75 Å². The highest BCUT2D eigenvalue weighted by Crippen LogP contribution is 2.33. The lowest BCUT2D eigenvalue weighted by Gasteiger charge is -2.23. The number of hydrogen-bond acceptors (Lipinski definition) is 4. The molecule has 3 rings (SSSR count). The van der Waals surface area contributed by atoms with Crippen LogP contribution in [0.25, 0.3) is 0 Å². The largest absolute Gasteiger partial charge is 0.495 e. The minimum absolute atomic E-state index is 0.348. The molecule has 1 heterocycles. The Hall–Kier alpha value is -2.58. The summed E-state index contributed by atoms with van der Waals surface area (Å²) in [4.78, 5) is 38.7. The fraction of sp³-hybridized carbons (Fsp3) is 0.211. The number of nitrogens with zero attached hydrogens (tertiary/aromatic N) is 1. The number of anilines is 1. The Morgan fingerprint density at radius 3 is 2.68 bits per heavy atom. The lowest BCUT2D eigenvalue weighted by atomic mass is 9.92. The normalized spacial score (nSPS) is 18.8. The van der Waals surface area contributed by atoms with Crippen LogP contribution >= 0.6 is 27.5 Å². The molecule has 0 bridgehead atoms. The molecular weight excluding hydrogens is 450 g/mol. The van der Waals surface area contributed by atoms with Crippen LogP contribution in [0.4, 0.5) is 10.5 Å². The summed E-state index contributed by atoms with van der Waals surface area (Å²) in [5.74, 6) is -0.661. The van der Waals surface area contributed by atoms with Gasteiger partial charge < -0.3 is 15.4 Å². The Balaban J connectivity index is 1.79. The average Bonchev–Trinajstić information content (AvgIpc) is 2.86. The van der Waals surface area contributed by atoms with Gasteiger partial charge in [0, 0.05) is 15.1 Å². The van der Waals surface area contributed by atoms with Gasteiger partial charge in [-0.25, -0.2) is 4.79 Å². The van der Waals surface area contributed by atoms with Crippen LogP contribution in [0, 0.1) is 0 Å². The Morgan fingerprint density at radius 2 is 2.00 bits per heavy atom. The van der Waals surface area contributed by atoms with Crippen LogP contribution < -0.4 is 15.4 Å². The zero-order valence-electron chi connectivity index (χ0n) is 15.1. The second kappa shape index (κ2) is 7.81. The Bertz CT molecular complexity index is 968. The molecule has 28 heavy (non-hydrogen) atoms. The zero-order chi connectivity index (χ0) is 20.5. The second-order valence-electron chi connectivity index (χ2n) is 6.32. The van der Waals surface area contributed by atoms with Gasteiger partial charge >= 0.3 is 6.03 Å². The third kappa shape index (κ3) is 3.70. The predicted molar refractivity (Wildman–Crippen MR) is 108 cm³/mol. The van der Waals surface area contributed by atoms with Crippen LogP contribution in [0.15, 0.2) is 46.9 Å². The van der Waals surface area contributed by atoms with E-state index in [9.17, 15) is 14.4 Å². The molecule has 1 aliphatic rings. The van der Waals surface area contributed by atoms with E-state index in [1.165, 1.54) is 13.2 Å². The van der Waals surface area contributed by atoms with Gasteiger partial charge in [-0.1, -0.05) is 45.7 Å². The van der Waals surface area contributed by atoms with Gasteiger partial charge in [-0.15, -0.1) is 0 Å². The molecule has 4 amide bonds. The monoisotopic (exact) mass is 465 g/mol. The van der Waals surface area contributed by atoms with Gasteiger partial charge in [0.15, 0.2) is 0 Å². The fourth-order valence-electron chi connectivity index (χ4n) is 3.00. The summed E-state index contributed by atoms with van der Waals surface area (Å²) < 4.78 is 5.86. The number of hydrogen-bond donors (Lipinski definition) is 2. The third-order valence-corrected chi connectivity index (χ3v) is 5.35.